The first-order valence-electron chi connectivity index (χ1n) is 6.53. The highest BCUT2D eigenvalue weighted by atomic mass is 32.1. The molecular formula is C14H17N3O2S. The van der Waals surface area contributed by atoms with Gasteiger partial charge in [-0.3, -0.25) is 4.79 Å². The molecule has 1 fully saturated rings. The smallest absolute Gasteiger partial charge is 0.266 e. The number of carbonyl (C=O) groups excluding carboxylic acids is 1. The molecule has 0 unspecified atom stereocenters. The molecule has 20 heavy (non-hydrogen) atoms. The molecule has 106 valence electrons. The predicted molar refractivity (Wildman–Crippen MR) is 80.0 cm³/mol. The number of rotatable bonds is 1. The van der Waals surface area contributed by atoms with Crippen molar-refractivity contribution >= 4 is 33.1 Å². The van der Waals surface area contributed by atoms with Gasteiger partial charge in [-0.1, -0.05) is 0 Å². The average molecular weight is 291 g/mol. The Kier molecular flexibility index (Phi) is 3.14. The normalized spacial score (nSPS) is 18.4. The number of amides is 1. The van der Waals surface area contributed by atoms with Crippen LogP contribution in [0.15, 0.2) is 18.3 Å². The summed E-state index contributed by atoms with van der Waals surface area (Å²) in [6, 6.07) is 3.73. The van der Waals surface area contributed by atoms with E-state index < -0.39 is 0 Å². The Bertz CT molecular complexity index is 665. The first-order chi connectivity index (χ1) is 9.50. The molecule has 2 N–H and O–H groups in total. The maximum absolute atomic E-state index is 12.8. The molecule has 0 spiro atoms. The van der Waals surface area contributed by atoms with Gasteiger partial charge >= 0.3 is 0 Å². The van der Waals surface area contributed by atoms with Crippen LogP contribution in [0.1, 0.15) is 23.5 Å². The van der Waals surface area contributed by atoms with Crippen molar-refractivity contribution < 1.29 is 9.53 Å². The summed E-state index contributed by atoms with van der Waals surface area (Å²) in [7, 11) is 0. The summed E-state index contributed by atoms with van der Waals surface area (Å²) in [5.41, 5.74) is 6.35. The van der Waals surface area contributed by atoms with Crippen molar-refractivity contribution in [2.24, 2.45) is 0 Å². The molecule has 0 radical (unpaired) electrons. The lowest BCUT2D eigenvalue weighted by Gasteiger charge is -2.41. The van der Waals surface area contributed by atoms with Gasteiger partial charge in [-0.2, -0.15) is 0 Å². The summed E-state index contributed by atoms with van der Waals surface area (Å²) in [4.78, 5) is 20.3. The van der Waals surface area contributed by atoms with E-state index in [1.54, 1.807) is 6.20 Å². The second-order valence-electron chi connectivity index (χ2n) is 5.52. The third-order valence-corrected chi connectivity index (χ3v) is 4.71. The first kappa shape index (κ1) is 13.3. The number of fused-ring (bicyclic) bond motifs is 1. The average Bonchev–Trinajstić information content (AvgIpc) is 2.76. The fourth-order valence-corrected chi connectivity index (χ4v) is 3.48. The SMILES string of the molecule is CC1(C)COCCN1C(=O)c1sc2ncccc2c1N. The number of nitrogens with zero attached hydrogens (tertiary/aromatic N) is 2. The number of thiophene rings is 1. The van der Waals surface area contributed by atoms with Gasteiger partial charge in [-0.05, 0) is 26.0 Å². The Morgan fingerprint density at radius 3 is 3.05 bits per heavy atom. The van der Waals surface area contributed by atoms with Gasteiger partial charge in [0.2, 0.25) is 0 Å². The summed E-state index contributed by atoms with van der Waals surface area (Å²) in [5.74, 6) is -0.0289. The van der Waals surface area contributed by atoms with Crippen molar-refractivity contribution in [2.45, 2.75) is 19.4 Å². The van der Waals surface area contributed by atoms with Gasteiger partial charge in [0, 0.05) is 18.1 Å². The van der Waals surface area contributed by atoms with Gasteiger partial charge in [0.25, 0.3) is 5.91 Å². The monoisotopic (exact) mass is 291 g/mol. The van der Waals surface area contributed by atoms with Crippen molar-refractivity contribution in [1.29, 1.82) is 0 Å². The number of ether oxygens (including phenoxy) is 1. The minimum Gasteiger partial charge on any atom is -0.397 e. The summed E-state index contributed by atoms with van der Waals surface area (Å²) < 4.78 is 5.46. The first-order valence-corrected chi connectivity index (χ1v) is 7.35. The van der Waals surface area contributed by atoms with E-state index >= 15 is 0 Å². The lowest BCUT2D eigenvalue weighted by atomic mass is 10.0. The number of nitrogens with two attached hydrogens (primary N) is 1. The molecule has 0 aromatic carbocycles. The summed E-state index contributed by atoms with van der Waals surface area (Å²) in [5, 5.41) is 0.854. The van der Waals surface area contributed by atoms with E-state index in [1.165, 1.54) is 11.3 Å². The maximum Gasteiger partial charge on any atom is 0.266 e. The molecule has 3 heterocycles. The van der Waals surface area contributed by atoms with E-state index in [4.69, 9.17) is 10.5 Å². The second kappa shape index (κ2) is 4.71. The Morgan fingerprint density at radius 2 is 2.35 bits per heavy atom. The summed E-state index contributed by atoms with van der Waals surface area (Å²) in [6.45, 7) is 5.71. The van der Waals surface area contributed by atoms with Crippen LogP contribution in [0.2, 0.25) is 0 Å². The zero-order chi connectivity index (χ0) is 14.3. The van der Waals surface area contributed by atoms with Crippen molar-refractivity contribution in [3.63, 3.8) is 0 Å². The Hall–Kier alpha value is -1.66. The molecule has 1 amide bonds. The van der Waals surface area contributed by atoms with Crippen molar-refractivity contribution in [1.82, 2.24) is 9.88 Å². The largest absolute Gasteiger partial charge is 0.397 e. The third kappa shape index (κ3) is 2.05. The van der Waals surface area contributed by atoms with E-state index in [0.29, 0.717) is 30.3 Å². The van der Waals surface area contributed by atoms with Crippen LogP contribution in [-0.2, 0) is 4.74 Å². The van der Waals surface area contributed by atoms with Gasteiger partial charge in [-0.25, -0.2) is 4.98 Å². The summed E-state index contributed by atoms with van der Waals surface area (Å²) in [6.07, 6.45) is 1.71. The topological polar surface area (TPSA) is 68.5 Å². The maximum atomic E-state index is 12.8. The molecule has 6 heteroatoms. The fraction of sp³-hybridized carbons (Fsp3) is 0.429. The number of aromatic nitrogens is 1. The standard InChI is InChI=1S/C14H17N3O2S/c1-14(2)8-19-7-6-17(14)13(18)11-10(15)9-4-3-5-16-12(9)20-11/h3-5H,6-8,15H2,1-2H3. The Morgan fingerprint density at radius 1 is 1.55 bits per heavy atom. The molecule has 1 saturated heterocycles. The molecule has 1 aliphatic heterocycles. The van der Waals surface area contributed by atoms with Crippen molar-refractivity contribution in [2.75, 3.05) is 25.5 Å². The van der Waals surface area contributed by atoms with Gasteiger partial charge in [0.05, 0.1) is 24.4 Å². The van der Waals surface area contributed by atoms with E-state index in [1.807, 2.05) is 30.9 Å². The minimum atomic E-state index is -0.314. The molecule has 1 aliphatic rings. The van der Waals surface area contributed by atoms with Crippen LogP contribution in [0.4, 0.5) is 5.69 Å². The number of anilines is 1. The van der Waals surface area contributed by atoms with Gasteiger partial charge in [-0.15, -0.1) is 11.3 Å². The molecule has 0 bridgehead atoms. The van der Waals surface area contributed by atoms with Crippen molar-refractivity contribution in [3.8, 4) is 0 Å². The molecule has 0 aliphatic carbocycles. The van der Waals surface area contributed by atoms with Gasteiger partial charge in [0.1, 0.15) is 9.71 Å². The quantitative estimate of drug-likeness (QED) is 0.874. The van der Waals surface area contributed by atoms with Crippen LogP contribution in [0, 0.1) is 0 Å². The number of pyridine rings is 1. The highest BCUT2D eigenvalue weighted by Gasteiger charge is 2.36. The van der Waals surface area contributed by atoms with Crippen LogP contribution in [0.5, 0.6) is 0 Å². The number of hydrogen-bond acceptors (Lipinski definition) is 5. The molecule has 3 rings (SSSR count). The number of nitrogen functional groups attached to an aromatic ring is 1. The fourth-order valence-electron chi connectivity index (χ4n) is 2.47. The highest BCUT2D eigenvalue weighted by Crippen LogP contribution is 2.34. The van der Waals surface area contributed by atoms with Crippen LogP contribution in [0.3, 0.4) is 0 Å². The van der Waals surface area contributed by atoms with Crippen LogP contribution >= 0.6 is 11.3 Å². The number of morpholine rings is 1. The van der Waals surface area contributed by atoms with Gasteiger partial charge < -0.3 is 15.4 Å². The lowest BCUT2D eigenvalue weighted by Crippen LogP contribution is -2.55. The van der Waals surface area contributed by atoms with E-state index in [9.17, 15) is 4.79 Å². The van der Waals surface area contributed by atoms with E-state index in [0.717, 1.165) is 10.2 Å². The van der Waals surface area contributed by atoms with Crippen LogP contribution in [0.25, 0.3) is 10.2 Å². The molecule has 2 aromatic heterocycles. The lowest BCUT2D eigenvalue weighted by molar-refractivity contribution is -0.0368. The summed E-state index contributed by atoms with van der Waals surface area (Å²) >= 11 is 1.36. The number of carbonyl (C=O) groups is 1. The van der Waals surface area contributed by atoms with Crippen LogP contribution in [-0.4, -0.2) is 41.1 Å². The Balaban J connectivity index is 2.02. The number of hydrogen-bond donors (Lipinski definition) is 1. The molecule has 2 aromatic rings. The Labute approximate surface area is 121 Å². The molecule has 0 saturated carbocycles. The molecule has 0 atom stereocenters. The van der Waals surface area contributed by atoms with Gasteiger partial charge in [0.15, 0.2) is 0 Å². The van der Waals surface area contributed by atoms with Crippen LogP contribution < -0.4 is 5.73 Å². The zero-order valence-corrected chi connectivity index (χ0v) is 12.4. The van der Waals surface area contributed by atoms with E-state index in [-0.39, 0.29) is 11.4 Å². The van der Waals surface area contributed by atoms with E-state index in [2.05, 4.69) is 4.98 Å². The molecule has 5 nitrogen and oxygen atoms in total. The zero-order valence-electron chi connectivity index (χ0n) is 11.5. The minimum absolute atomic E-state index is 0.0289. The molecular weight excluding hydrogens is 274 g/mol. The second-order valence-corrected chi connectivity index (χ2v) is 6.52. The third-order valence-electron chi connectivity index (χ3n) is 3.59. The predicted octanol–water partition coefficient (Wildman–Crippen LogP) is 2.13. The van der Waals surface area contributed by atoms with Crippen molar-refractivity contribution in [3.05, 3.63) is 23.2 Å². The highest BCUT2D eigenvalue weighted by molar-refractivity contribution is 7.21.